The first kappa shape index (κ1) is 13.5. The molecule has 0 saturated carbocycles. The van der Waals surface area contributed by atoms with Gasteiger partial charge in [-0.25, -0.2) is 0 Å². The maximum Gasteiger partial charge on any atom is 0.223 e. The summed E-state index contributed by atoms with van der Waals surface area (Å²) in [4.78, 5) is 10.7. The van der Waals surface area contributed by atoms with Crippen molar-refractivity contribution in [1.29, 1.82) is 0 Å². The topological polar surface area (TPSA) is 67.1 Å². The molecule has 0 aliphatic carbocycles. The molecule has 0 unspecified atom stereocenters. The van der Waals surface area contributed by atoms with Gasteiger partial charge in [0.1, 0.15) is 11.6 Å². The fourth-order valence-electron chi connectivity index (χ4n) is 1.69. The Kier molecular flexibility index (Phi) is 4.54. The van der Waals surface area contributed by atoms with E-state index in [2.05, 4.69) is 47.9 Å². The van der Waals surface area contributed by atoms with Crippen molar-refractivity contribution in [2.24, 2.45) is 5.92 Å². The summed E-state index contributed by atoms with van der Waals surface area (Å²) in [6.07, 6.45) is 0. The Balaban J connectivity index is 3.04. The van der Waals surface area contributed by atoms with Crippen molar-refractivity contribution < 1.29 is 0 Å². The predicted octanol–water partition coefficient (Wildman–Crippen LogP) is 1.97. The first-order valence-electron chi connectivity index (χ1n) is 6.03. The van der Waals surface area contributed by atoms with Crippen LogP contribution in [0.25, 0.3) is 0 Å². The van der Waals surface area contributed by atoms with Crippen LogP contribution in [0.15, 0.2) is 6.07 Å². The molecule has 0 aliphatic rings. The van der Waals surface area contributed by atoms with E-state index >= 15 is 0 Å². The zero-order chi connectivity index (χ0) is 13.0. The lowest BCUT2D eigenvalue weighted by molar-refractivity contribution is 0.566. The second kappa shape index (κ2) is 5.70. The molecule has 1 aromatic rings. The third-order valence-electron chi connectivity index (χ3n) is 2.47. The van der Waals surface area contributed by atoms with Crippen molar-refractivity contribution in [3.63, 3.8) is 0 Å². The number of nitrogen functional groups attached to an aromatic ring is 1. The van der Waals surface area contributed by atoms with Gasteiger partial charge in [-0.05, 0) is 19.8 Å². The van der Waals surface area contributed by atoms with E-state index in [-0.39, 0.29) is 0 Å². The third kappa shape index (κ3) is 3.76. The van der Waals surface area contributed by atoms with Gasteiger partial charge in [-0.3, -0.25) is 0 Å². The van der Waals surface area contributed by atoms with Gasteiger partial charge in [0, 0.05) is 25.7 Å². The molecule has 1 aromatic heterocycles. The molecule has 0 atom stereocenters. The number of rotatable bonds is 5. The van der Waals surface area contributed by atoms with Gasteiger partial charge in [0.2, 0.25) is 5.95 Å². The number of nitrogens with zero attached hydrogens (tertiary/aromatic N) is 3. The molecule has 17 heavy (non-hydrogen) atoms. The van der Waals surface area contributed by atoms with Gasteiger partial charge >= 0.3 is 0 Å². The highest BCUT2D eigenvalue weighted by Gasteiger charge is 2.15. The fraction of sp³-hybridized carbons (Fsp3) is 0.667. The smallest absolute Gasteiger partial charge is 0.223 e. The second-order valence-corrected chi connectivity index (χ2v) is 4.86. The van der Waals surface area contributed by atoms with Crippen LogP contribution in [0, 0.1) is 5.92 Å². The molecule has 0 amide bonds. The quantitative estimate of drug-likeness (QED) is 0.819. The molecule has 0 spiro atoms. The SMILES string of the molecule is CNc1cc(N(CC(C)C)C(C)C)nc(N)n1. The minimum atomic E-state index is 0.307. The summed E-state index contributed by atoms with van der Waals surface area (Å²) in [6.45, 7) is 9.65. The maximum atomic E-state index is 5.71. The number of aromatic nitrogens is 2. The van der Waals surface area contributed by atoms with Gasteiger partial charge in [0.25, 0.3) is 0 Å². The number of hydrogen-bond donors (Lipinski definition) is 2. The van der Waals surface area contributed by atoms with Crippen molar-refractivity contribution in [3.05, 3.63) is 6.07 Å². The summed E-state index contributed by atoms with van der Waals surface area (Å²) < 4.78 is 0. The van der Waals surface area contributed by atoms with Crippen molar-refractivity contribution in [2.45, 2.75) is 33.7 Å². The maximum absolute atomic E-state index is 5.71. The van der Waals surface area contributed by atoms with Crippen LogP contribution in [0.5, 0.6) is 0 Å². The molecule has 5 heteroatoms. The number of anilines is 3. The molecule has 0 radical (unpaired) electrons. The van der Waals surface area contributed by atoms with Gasteiger partial charge in [0.05, 0.1) is 0 Å². The van der Waals surface area contributed by atoms with Gasteiger partial charge in [0.15, 0.2) is 0 Å². The fourth-order valence-corrected chi connectivity index (χ4v) is 1.69. The molecule has 0 saturated heterocycles. The van der Waals surface area contributed by atoms with E-state index in [0.29, 0.717) is 17.9 Å². The van der Waals surface area contributed by atoms with Crippen LogP contribution in [-0.4, -0.2) is 29.6 Å². The highest BCUT2D eigenvalue weighted by atomic mass is 15.2. The van der Waals surface area contributed by atoms with Crippen LogP contribution in [0.3, 0.4) is 0 Å². The van der Waals surface area contributed by atoms with Crippen molar-refractivity contribution in [2.75, 3.05) is 29.5 Å². The van der Waals surface area contributed by atoms with Gasteiger partial charge in [-0.15, -0.1) is 0 Å². The molecular weight excluding hydrogens is 214 g/mol. The molecule has 0 fully saturated rings. The largest absolute Gasteiger partial charge is 0.373 e. The first-order valence-corrected chi connectivity index (χ1v) is 6.03. The van der Waals surface area contributed by atoms with E-state index in [1.165, 1.54) is 0 Å². The molecule has 5 nitrogen and oxygen atoms in total. The third-order valence-corrected chi connectivity index (χ3v) is 2.47. The molecule has 0 bridgehead atoms. The standard InChI is InChI=1S/C12H23N5/c1-8(2)7-17(9(3)4)11-6-10(14-5)15-12(13)16-11/h6,8-9H,7H2,1-5H3,(H3,13,14,15,16). The van der Waals surface area contributed by atoms with E-state index in [9.17, 15) is 0 Å². The highest BCUT2D eigenvalue weighted by Crippen LogP contribution is 2.20. The first-order chi connectivity index (χ1) is 7.93. The lowest BCUT2D eigenvalue weighted by Gasteiger charge is -2.29. The van der Waals surface area contributed by atoms with Crippen LogP contribution in [-0.2, 0) is 0 Å². The number of hydrogen-bond acceptors (Lipinski definition) is 5. The van der Waals surface area contributed by atoms with E-state index in [1.54, 1.807) is 0 Å². The molecule has 96 valence electrons. The molecule has 1 rings (SSSR count). The summed E-state index contributed by atoms with van der Waals surface area (Å²) in [5.74, 6) is 2.51. The minimum Gasteiger partial charge on any atom is -0.373 e. The minimum absolute atomic E-state index is 0.307. The monoisotopic (exact) mass is 237 g/mol. The molecule has 0 aromatic carbocycles. The summed E-state index contributed by atoms with van der Waals surface area (Å²) in [5.41, 5.74) is 5.71. The summed E-state index contributed by atoms with van der Waals surface area (Å²) >= 11 is 0. The van der Waals surface area contributed by atoms with Gasteiger partial charge in [-0.1, -0.05) is 13.8 Å². The lowest BCUT2D eigenvalue weighted by atomic mass is 10.2. The highest BCUT2D eigenvalue weighted by molar-refractivity contribution is 5.52. The predicted molar refractivity (Wildman–Crippen MR) is 73.3 cm³/mol. The van der Waals surface area contributed by atoms with Crippen LogP contribution >= 0.6 is 0 Å². The summed E-state index contributed by atoms with van der Waals surface area (Å²) in [7, 11) is 1.83. The molecule has 1 heterocycles. The molecule has 0 aliphatic heterocycles. The average Bonchev–Trinajstić information content (AvgIpc) is 2.24. The van der Waals surface area contributed by atoms with Crippen LogP contribution in [0.1, 0.15) is 27.7 Å². The van der Waals surface area contributed by atoms with Crippen molar-refractivity contribution in [1.82, 2.24) is 9.97 Å². The Morgan fingerprint density at radius 3 is 2.41 bits per heavy atom. The lowest BCUT2D eigenvalue weighted by Crippen LogP contribution is -2.35. The summed E-state index contributed by atoms with van der Waals surface area (Å²) in [5, 5.41) is 3.00. The Morgan fingerprint density at radius 1 is 1.29 bits per heavy atom. The van der Waals surface area contributed by atoms with Crippen molar-refractivity contribution in [3.8, 4) is 0 Å². The Morgan fingerprint density at radius 2 is 1.94 bits per heavy atom. The Hall–Kier alpha value is -1.52. The number of nitrogens with one attached hydrogen (secondary N) is 1. The van der Waals surface area contributed by atoms with E-state index in [1.807, 2.05) is 13.1 Å². The van der Waals surface area contributed by atoms with E-state index in [4.69, 9.17) is 5.73 Å². The Labute approximate surface area is 103 Å². The zero-order valence-corrected chi connectivity index (χ0v) is 11.4. The van der Waals surface area contributed by atoms with Crippen molar-refractivity contribution >= 4 is 17.6 Å². The average molecular weight is 237 g/mol. The molecular formula is C12H23N5. The van der Waals surface area contributed by atoms with E-state index < -0.39 is 0 Å². The van der Waals surface area contributed by atoms with Gasteiger partial charge in [-0.2, -0.15) is 9.97 Å². The van der Waals surface area contributed by atoms with Gasteiger partial charge < -0.3 is 16.0 Å². The zero-order valence-electron chi connectivity index (χ0n) is 11.4. The second-order valence-electron chi connectivity index (χ2n) is 4.86. The Bertz CT molecular complexity index is 362. The number of nitrogens with two attached hydrogens (primary N) is 1. The van der Waals surface area contributed by atoms with E-state index in [0.717, 1.165) is 18.2 Å². The van der Waals surface area contributed by atoms with Crippen LogP contribution < -0.4 is 16.0 Å². The molecule has 3 N–H and O–H groups in total. The van der Waals surface area contributed by atoms with Crippen LogP contribution in [0.2, 0.25) is 0 Å². The summed E-state index contributed by atoms with van der Waals surface area (Å²) in [6, 6.07) is 2.31. The van der Waals surface area contributed by atoms with Crippen LogP contribution in [0.4, 0.5) is 17.6 Å². The normalized spacial score (nSPS) is 11.0.